The highest BCUT2D eigenvalue weighted by molar-refractivity contribution is 5.73. The molecule has 0 fully saturated rings. The van der Waals surface area contributed by atoms with E-state index in [0.717, 1.165) is 39.3 Å². The summed E-state index contributed by atoms with van der Waals surface area (Å²) in [5.74, 6) is -0.464. The first-order valence-electron chi connectivity index (χ1n) is 13.0. The Balaban J connectivity index is 1.67. The molecule has 0 heterocycles. The number of ether oxygens (including phenoxy) is 1. The highest BCUT2D eigenvalue weighted by atomic mass is 19.1. The number of carboxylic acids is 1. The molecular weight excluding hydrogens is 483 g/mol. The number of aryl methyl sites for hydroxylation is 2. The largest absolute Gasteiger partial charge is 0.492 e. The van der Waals surface area contributed by atoms with E-state index in [1.54, 1.807) is 17.9 Å². The predicted molar refractivity (Wildman–Crippen MR) is 148 cm³/mol. The predicted octanol–water partition coefficient (Wildman–Crippen LogP) is 6.24. The molecule has 2 N–H and O–H groups in total. The Bertz CT molecular complexity index is 1240. The van der Waals surface area contributed by atoms with Crippen molar-refractivity contribution in [1.29, 1.82) is 0 Å². The van der Waals surface area contributed by atoms with Gasteiger partial charge in [-0.25, -0.2) is 4.39 Å². The third kappa shape index (κ3) is 8.07. The zero-order valence-corrected chi connectivity index (χ0v) is 22.6. The Kier molecular flexibility index (Phi) is 10.3. The number of allylic oxidation sites excluding steroid dienone is 5. The number of nitrogens with zero attached hydrogens (tertiary/aromatic N) is 1. The van der Waals surface area contributed by atoms with Crippen LogP contribution in [0.3, 0.4) is 0 Å². The molecule has 0 radical (unpaired) electrons. The molecule has 1 aliphatic carbocycles. The molecule has 0 bridgehead atoms. The number of rotatable bonds is 12. The van der Waals surface area contributed by atoms with Gasteiger partial charge in [0.15, 0.2) is 0 Å². The van der Waals surface area contributed by atoms with Gasteiger partial charge in [-0.05, 0) is 90.9 Å². The molecule has 0 spiro atoms. The SMILES string of the molecule is CCN(CCOc1cc(C)c(-c2cccc(CNC3=CC=C(CCC(=O)O)C(F)=CC3)c2)c(C)c1)C(C)=O. The molecule has 2 aromatic rings. The maximum absolute atomic E-state index is 14.3. The van der Waals surface area contributed by atoms with Crippen LogP contribution >= 0.6 is 0 Å². The van der Waals surface area contributed by atoms with Gasteiger partial charge in [0.2, 0.25) is 5.91 Å². The molecule has 3 rings (SSSR count). The van der Waals surface area contributed by atoms with Gasteiger partial charge < -0.3 is 20.1 Å². The van der Waals surface area contributed by atoms with Crippen LogP contribution in [0.25, 0.3) is 11.1 Å². The smallest absolute Gasteiger partial charge is 0.303 e. The van der Waals surface area contributed by atoms with Crippen molar-refractivity contribution in [3.05, 3.63) is 88.4 Å². The van der Waals surface area contributed by atoms with E-state index < -0.39 is 5.97 Å². The minimum absolute atomic E-state index is 0.0455. The summed E-state index contributed by atoms with van der Waals surface area (Å²) in [7, 11) is 0. The lowest BCUT2D eigenvalue weighted by atomic mass is 9.94. The van der Waals surface area contributed by atoms with Crippen molar-refractivity contribution in [2.45, 2.75) is 53.5 Å². The summed E-state index contributed by atoms with van der Waals surface area (Å²) < 4.78 is 20.3. The number of hydrogen-bond acceptors (Lipinski definition) is 4. The summed E-state index contributed by atoms with van der Waals surface area (Å²) in [5, 5.41) is 12.3. The van der Waals surface area contributed by atoms with Crippen molar-refractivity contribution >= 4 is 11.9 Å². The van der Waals surface area contributed by atoms with Crippen molar-refractivity contribution in [3.63, 3.8) is 0 Å². The molecule has 0 saturated heterocycles. The summed E-state index contributed by atoms with van der Waals surface area (Å²) in [4.78, 5) is 24.2. The number of aliphatic carboxylic acids is 1. The lowest BCUT2D eigenvalue weighted by Gasteiger charge is -2.20. The van der Waals surface area contributed by atoms with Crippen LogP contribution in [0, 0.1) is 13.8 Å². The second kappa shape index (κ2) is 13.6. The first kappa shape index (κ1) is 28.7. The molecular formula is C31H37FN2O4. The molecule has 2 aromatic carbocycles. The van der Waals surface area contributed by atoms with E-state index in [1.165, 1.54) is 6.08 Å². The Morgan fingerprint density at radius 3 is 2.53 bits per heavy atom. The minimum atomic E-state index is -0.939. The molecule has 1 aliphatic rings. The molecule has 0 aliphatic heterocycles. The van der Waals surface area contributed by atoms with E-state index >= 15 is 0 Å². The maximum Gasteiger partial charge on any atom is 0.303 e. The maximum atomic E-state index is 14.3. The summed E-state index contributed by atoms with van der Waals surface area (Å²) in [5.41, 5.74) is 6.85. The van der Waals surface area contributed by atoms with Crippen molar-refractivity contribution in [1.82, 2.24) is 10.2 Å². The van der Waals surface area contributed by atoms with Crippen molar-refractivity contribution in [3.8, 4) is 16.9 Å². The van der Waals surface area contributed by atoms with E-state index in [1.807, 2.05) is 31.2 Å². The molecule has 0 unspecified atom stereocenters. The lowest BCUT2D eigenvalue weighted by molar-refractivity contribution is -0.137. The molecule has 202 valence electrons. The zero-order valence-electron chi connectivity index (χ0n) is 22.6. The summed E-state index contributed by atoms with van der Waals surface area (Å²) >= 11 is 0. The Hall–Kier alpha value is -3.87. The van der Waals surface area contributed by atoms with Gasteiger partial charge >= 0.3 is 5.97 Å². The molecule has 0 atom stereocenters. The first-order chi connectivity index (χ1) is 18.2. The third-order valence-corrected chi connectivity index (χ3v) is 6.60. The van der Waals surface area contributed by atoms with Gasteiger partial charge in [0, 0.05) is 38.6 Å². The van der Waals surface area contributed by atoms with E-state index in [4.69, 9.17) is 9.84 Å². The molecule has 38 heavy (non-hydrogen) atoms. The summed E-state index contributed by atoms with van der Waals surface area (Å²) in [6, 6.07) is 12.4. The van der Waals surface area contributed by atoms with Gasteiger partial charge in [-0.2, -0.15) is 0 Å². The molecule has 0 aromatic heterocycles. The fraction of sp³-hybridized carbons (Fsp3) is 0.355. The van der Waals surface area contributed by atoms with Gasteiger partial charge in [0.25, 0.3) is 0 Å². The van der Waals surface area contributed by atoms with Crippen LogP contribution in [0.1, 0.15) is 49.8 Å². The van der Waals surface area contributed by atoms with Crippen LogP contribution in [0.4, 0.5) is 4.39 Å². The van der Waals surface area contributed by atoms with Gasteiger partial charge in [0.05, 0.1) is 6.54 Å². The normalized spacial score (nSPS) is 13.1. The van der Waals surface area contributed by atoms with Crippen LogP contribution in [0.15, 0.2) is 71.7 Å². The Labute approximate surface area is 224 Å². The standard InChI is InChI=1S/C31H37FN2O4/c1-5-34(23(4)35)15-16-38-28-17-21(2)31(22(3)18-28)26-8-6-7-24(19-26)20-33-27-11-9-25(10-14-30(36)37)29(32)13-12-27/h6-9,11,13,17-19,33H,5,10,12,14-16,20H2,1-4H3,(H,36,37). The Morgan fingerprint density at radius 2 is 1.87 bits per heavy atom. The number of amides is 1. The average molecular weight is 521 g/mol. The number of nitrogens with one attached hydrogen (secondary N) is 1. The highest BCUT2D eigenvalue weighted by Gasteiger charge is 2.12. The summed E-state index contributed by atoms with van der Waals surface area (Å²) in [6.07, 6.45) is 5.47. The number of carbonyl (C=O) groups is 2. The average Bonchev–Trinajstić information content (AvgIpc) is 3.04. The van der Waals surface area contributed by atoms with E-state index in [-0.39, 0.29) is 24.6 Å². The van der Waals surface area contributed by atoms with E-state index in [2.05, 4.69) is 37.4 Å². The van der Waals surface area contributed by atoms with Gasteiger partial charge in [0.1, 0.15) is 18.2 Å². The quantitative estimate of drug-likeness (QED) is 0.346. The topological polar surface area (TPSA) is 78.9 Å². The molecule has 1 amide bonds. The van der Waals surface area contributed by atoms with Crippen LogP contribution in [-0.4, -0.2) is 41.6 Å². The van der Waals surface area contributed by atoms with Crippen molar-refractivity contribution in [2.75, 3.05) is 19.7 Å². The van der Waals surface area contributed by atoms with Crippen LogP contribution in [0.2, 0.25) is 0 Å². The van der Waals surface area contributed by atoms with Crippen molar-refractivity contribution < 1.29 is 23.8 Å². The number of hydrogen-bond donors (Lipinski definition) is 2. The second-order valence-electron chi connectivity index (χ2n) is 9.47. The third-order valence-electron chi connectivity index (χ3n) is 6.60. The minimum Gasteiger partial charge on any atom is -0.492 e. The number of likely N-dealkylation sites (N-methyl/N-ethyl adjacent to an activating group) is 1. The number of carbonyl (C=O) groups excluding carboxylic acids is 1. The molecule has 6 nitrogen and oxygen atoms in total. The Morgan fingerprint density at radius 1 is 1.13 bits per heavy atom. The van der Waals surface area contributed by atoms with Crippen LogP contribution in [-0.2, 0) is 16.1 Å². The number of carboxylic acid groups (broad SMARTS) is 1. The molecule has 0 saturated carbocycles. The highest BCUT2D eigenvalue weighted by Crippen LogP contribution is 2.32. The fourth-order valence-electron chi connectivity index (χ4n) is 4.58. The number of benzene rings is 2. The fourth-order valence-corrected chi connectivity index (χ4v) is 4.58. The van der Waals surface area contributed by atoms with Crippen molar-refractivity contribution in [2.24, 2.45) is 0 Å². The van der Waals surface area contributed by atoms with Gasteiger partial charge in [-0.1, -0.05) is 24.3 Å². The number of halogens is 1. The molecule has 7 heteroatoms. The van der Waals surface area contributed by atoms with E-state index in [0.29, 0.717) is 38.2 Å². The first-order valence-corrected chi connectivity index (χ1v) is 13.0. The van der Waals surface area contributed by atoms with Gasteiger partial charge in [-0.15, -0.1) is 0 Å². The lowest BCUT2D eigenvalue weighted by Crippen LogP contribution is -2.32. The van der Waals surface area contributed by atoms with E-state index in [9.17, 15) is 14.0 Å². The monoisotopic (exact) mass is 520 g/mol. The van der Waals surface area contributed by atoms with Crippen LogP contribution < -0.4 is 10.1 Å². The van der Waals surface area contributed by atoms with Gasteiger partial charge in [-0.3, -0.25) is 9.59 Å². The zero-order chi connectivity index (χ0) is 27.7. The second-order valence-corrected chi connectivity index (χ2v) is 9.47. The summed E-state index contributed by atoms with van der Waals surface area (Å²) in [6.45, 7) is 9.90. The van der Waals surface area contributed by atoms with Crippen LogP contribution in [0.5, 0.6) is 5.75 Å².